The predicted octanol–water partition coefficient (Wildman–Crippen LogP) is 3.56. The third-order valence-corrected chi connectivity index (χ3v) is 5.36. The van der Waals surface area contributed by atoms with Crippen molar-refractivity contribution in [3.8, 4) is 0 Å². The van der Waals surface area contributed by atoms with Crippen molar-refractivity contribution in [2.75, 3.05) is 18.1 Å². The highest BCUT2D eigenvalue weighted by Crippen LogP contribution is 2.34. The number of Topliss-reactive ketones (excluding diaryl/α,β-unsaturated/α-hetero) is 1. The first kappa shape index (κ1) is 17.1. The van der Waals surface area contributed by atoms with Crippen LogP contribution >= 0.6 is 23.5 Å². The van der Waals surface area contributed by atoms with Gasteiger partial charge in [-0.15, -0.1) is 0 Å². The van der Waals surface area contributed by atoms with Crippen molar-refractivity contribution in [2.24, 2.45) is 0 Å². The van der Waals surface area contributed by atoms with Crippen molar-refractivity contribution in [3.05, 3.63) is 72.0 Å². The number of pyridine rings is 1. The van der Waals surface area contributed by atoms with E-state index in [0.29, 0.717) is 17.3 Å². The fourth-order valence-electron chi connectivity index (χ4n) is 2.76. The Labute approximate surface area is 160 Å². The van der Waals surface area contributed by atoms with E-state index in [1.807, 2.05) is 51.6 Å². The molecule has 0 aliphatic carbocycles. The number of benzene rings is 1. The lowest BCUT2D eigenvalue weighted by atomic mass is 10.2. The van der Waals surface area contributed by atoms with Crippen LogP contribution in [0.3, 0.4) is 0 Å². The number of imidazole rings is 1. The summed E-state index contributed by atoms with van der Waals surface area (Å²) < 4.78 is 3.99. The molecule has 0 atom stereocenters. The van der Waals surface area contributed by atoms with Gasteiger partial charge in [0.25, 0.3) is 0 Å². The van der Waals surface area contributed by atoms with Gasteiger partial charge in [-0.25, -0.2) is 4.98 Å². The van der Waals surface area contributed by atoms with E-state index < -0.39 is 0 Å². The number of carbonyl (C=O) groups is 1. The van der Waals surface area contributed by atoms with Gasteiger partial charge in [0.2, 0.25) is 0 Å². The van der Waals surface area contributed by atoms with Crippen LogP contribution in [0.2, 0.25) is 5.02 Å². The summed E-state index contributed by atoms with van der Waals surface area (Å²) in [5.41, 5.74) is 1.52. The second-order valence-electron chi connectivity index (χ2n) is 5.77. The molecule has 0 spiro atoms. The highest BCUT2D eigenvalue weighted by Gasteiger charge is 2.29. The molecule has 6 nitrogen and oxygen atoms in total. The largest absolute Gasteiger partial charge is 0.336 e. The summed E-state index contributed by atoms with van der Waals surface area (Å²) in [6, 6.07) is 11.4. The van der Waals surface area contributed by atoms with Crippen LogP contribution in [0.5, 0.6) is 0 Å². The highest BCUT2D eigenvalue weighted by atomic mass is 35.5. The van der Waals surface area contributed by atoms with Gasteiger partial charge >= 0.3 is 0 Å². The third-order valence-electron chi connectivity index (χ3n) is 4.04. The van der Waals surface area contributed by atoms with Crippen LogP contribution in [-0.2, 0) is 6.54 Å². The van der Waals surface area contributed by atoms with E-state index in [0.717, 1.165) is 17.1 Å². The molecule has 2 aromatic heterocycles. The minimum Gasteiger partial charge on any atom is -0.336 e. The van der Waals surface area contributed by atoms with E-state index in [4.69, 9.17) is 11.6 Å². The number of aromatic nitrogens is 3. The zero-order chi connectivity index (χ0) is 17.9. The van der Waals surface area contributed by atoms with Crippen molar-refractivity contribution < 1.29 is 4.79 Å². The van der Waals surface area contributed by atoms with Gasteiger partial charge in [0.1, 0.15) is 5.69 Å². The maximum Gasteiger partial charge on any atom is 0.199 e. The number of nitrogens with zero attached hydrogens (tertiary/aromatic N) is 5. The van der Waals surface area contributed by atoms with Crippen molar-refractivity contribution in [1.82, 2.24) is 18.9 Å². The molecule has 26 heavy (non-hydrogen) atoms. The quantitative estimate of drug-likeness (QED) is 0.626. The van der Waals surface area contributed by atoms with Crippen molar-refractivity contribution in [1.29, 1.82) is 0 Å². The number of hydrogen-bond donors (Lipinski definition) is 0. The van der Waals surface area contributed by atoms with Gasteiger partial charge in [-0.1, -0.05) is 11.6 Å². The number of hydrogen-bond acceptors (Lipinski definition) is 6. The van der Waals surface area contributed by atoms with E-state index in [1.165, 1.54) is 11.9 Å². The Morgan fingerprint density at radius 2 is 2.04 bits per heavy atom. The zero-order valence-electron chi connectivity index (χ0n) is 13.8. The molecular weight excluding hydrogens is 370 g/mol. The molecule has 132 valence electrons. The molecule has 0 fully saturated rings. The molecule has 1 aromatic carbocycles. The van der Waals surface area contributed by atoms with Gasteiger partial charge in [-0.2, -0.15) is 4.41 Å². The van der Waals surface area contributed by atoms with E-state index >= 15 is 0 Å². The normalized spacial score (nSPS) is 14.3. The molecule has 1 aliphatic heterocycles. The second-order valence-corrected chi connectivity index (χ2v) is 7.26. The predicted molar refractivity (Wildman–Crippen MR) is 102 cm³/mol. The Morgan fingerprint density at radius 3 is 2.81 bits per heavy atom. The Morgan fingerprint density at radius 1 is 1.19 bits per heavy atom. The molecule has 4 rings (SSSR count). The molecule has 0 bridgehead atoms. The van der Waals surface area contributed by atoms with Crippen LogP contribution in [0.4, 0.5) is 5.69 Å². The van der Waals surface area contributed by atoms with Gasteiger partial charge in [-0.05, 0) is 48.3 Å². The van der Waals surface area contributed by atoms with E-state index in [2.05, 4.69) is 15.0 Å². The molecule has 1 aliphatic rings. The second kappa shape index (κ2) is 7.49. The number of ketones is 1. The molecular formula is C18H16ClN5OS. The Bertz CT molecular complexity index is 900. The summed E-state index contributed by atoms with van der Waals surface area (Å²) in [5, 5.41) is 2.77. The number of anilines is 1. The SMILES string of the molecule is O=C1CN(N(CCn2ccnc2)c2ccc(Cl)cc2)Sc2cccnc21. The first-order valence-corrected chi connectivity index (χ1v) is 9.28. The zero-order valence-corrected chi connectivity index (χ0v) is 15.4. The summed E-state index contributed by atoms with van der Waals surface area (Å²) in [6.07, 6.45) is 7.12. The topological polar surface area (TPSA) is 54.3 Å². The average molecular weight is 386 g/mol. The maximum absolute atomic E-state index is 12.5. The number of fused-ring (bicyclic) bond motifs is 1. The first-order valence-electron chi connectivity index (χ1n) is 8.13. The molecule has 8 heteroatoms. The molecule has 0 N–H and O–H groups in total. The highest BCUT2D eigenvalue weighted by molar-refractivity contribution is 7.97. The average Bonchev–Trinajstić information content (AvgIpc) is 3.17. The Hall–Kier alpha value is -2.35. The fraction of sp³-hybridized carbons (Fsp3) is 0.167. The van der Waals surface area contributed by atoms with Crippen LogP contribution in [0.1, 0.15) is 10.5 Å². The van der Waals surface area contributed by atoms with Gasteiger partial charge in [0.05, 0.1) is 30.0 Å². The number of carbonyl (C=O) groups excluding carboxylic acids is 1. The van der Waals surface area contributed by atoms with Crippen LogP contribution in [0, 0.1) is 0 Å². The van der Waals surface area contributed by atoms with Gasteiger partial charge < -0.3 is 4.57 Å². The molecule has 3 heterocycles. The van der Waals surface area contributed by atoms with Crippen LogP contribution in [0.15, 0.2) is 66.2 Å². The minimum atomic E-state index is 0.0148. The monoisotopic (exact) mass is 385 g/mol. The Kier molecular flexibility index (Phi) is 4.92. The van der Waals surface area contributed by atoms with Crippen molar-refractivity contribution in [2.45, 2.75) is 11.4 Å². The summed E-state index contributed by atoms with van der Waals surface area (Å²) in [6.45, 7) is 1.70. The minimum absolute atomic E-state index is 0.0148. The third kappa shape index (κ3) is 3.60. The van der Waals surface area contributed by atoms with Gasteiger partial charge in [-0.3, -0.25) is 14.8 Å². The van der Waals surface area contributed by atoms with E-state index in [9.17, 15) is 4.79 Å². The van der Waals surface area contributed by atoms with Crippen LogP contribution < -0.4 is 5.01 Å². The first-order chi connectivity index (χ1) is 12.7. The fourth-order valence-corrected chi connectivity index (χ4v) is 3.97. The van der Waals surface area contributed by atoms with Gasteiger partial charge in [0.15, 0.2) is 5.78 Å². The lowest BCUT2D eigenvalue weighted by Crippen LogP contribution is -2.44. The van der Waals surface area contributed by atoms with E-state index in [1.54, 1.807) is 18.7 Å². The van der Waals surface area contributed by atoms with Crippen molar-refractivity contribution in [3.63, 3.8) is 0 Å². The summed E-state index contributed by atoms with van der Waals surface area (Å²) in [4.78, 5) is 21.7. The summed E-state index contributed by atoms with van der Waals surface area (Å²) >= 11 is 7.56. The lowest BCUT2D eigenvalue weighted by molar-refractivity contribution is 0.0953. The lowest BCUT2D eigenvalue weighted by Gasteiger charge is -2.37. The molecule has 0 unspecified atom stereocenters. The molecule has 0 radical (unpaired) electrons. The van der Waals surface area contributed by atoms with Crippen molar-refractivity contribution >= 4 is 35.0 Å². The standard InChI is InChI=1S/C18H16ClN5OS/c19-14-3-5-15(6-4-14)23(11-10-22-9-8-20-13-22)24-12-16(25)18-17(26-24)2-1-7-21-18/h1-9,13H,10-12H2. The smallest absolute Gasteiger partial charge is 0.199 e. The Balaban J connectivity index is 1.62. The maximum atomic E-state index is 12.5. The molecule has 0 saturated carbocycles. The van der Waals surface area contributed by atoms with Crippen LogP contribution in [-0.4, -0.2) is 37.8 Å². The number of hydrazine groups is 1. The summed E-state index contributed by atoms with van der Waals surface area (Å²) in [5.74, 6) is 0.0148. The molecule has 0 amide bonds. The number of halogens is 1. The van der Waals surface area contributed by atoms with E-state index in [-0.39, 0.29) is 12.3 Å². The molecule has 0 saturated heterocycles. The summed E-state index contributed by atoms with van der Waals surface area (Å²) in [7, 11) is 0. The molecule has 3 aromatic rings. The van der Waals surface area contributed by atoms with Crippen LogP contribution in [0.25, 0.3) is 0 Å². The van der Waals surface area contributed by atoms with Gasteiger partial charge in [0, 0.05) is 30.2 Å². The number of rotatable bonds is 5.